The summed E-state index contributed by atoms with van der Waals surface area (Å²) in [6.07, 6.45) is 0.939. The van der Waals surface area contributed by atoms with E-state index in [1.807, 2.05) is 24.3 Å². The van der Waals surface area contributed by atoms with Gasteiger partial charge in [0.05, 0.1) is 11.0 Å². The van der Waals surface area contributed by atoms with E-state index < -0.39 is 0 Å². The molecule has 0 atom stereocenters. The molecule has 19 heavy (non-hydrogen) atoms. The first-order valence-corrected chi connectivity index (χ1v) is 6.52. The minimum atomic E-state index is -0.250. The summed E-state index contributed by atoms with van der Waals surface area (Å²) in [7, 11) is 0. The van der Waals surface area contributed by atoms with Gasteiger partial charge in [0.25, 0.3) is 0 Å². The zero-order valence-electron chi connectivity index (χ0n) is 11.3. The molecule has 0 aliphatic carbocycles. The number of amides is 1. The maximum Gasteiger partial charge on any atom is 0.326 e. The lowest BCUT2D eigenvalue weighted by atomic mass is 10.1. The van der Waals surface area contributed by atoms with Crippen LogP contribution < -0.4 is 11.0 Å². The molecular weight excluding hydrogens is 242 g/mol. The fourth-order valence-electron chi connectivity index (χ4n) is 1.96. The molecule has 1 amide bonds. The third-order valence-electron chi connectivity index (χ3n) is 3.03. The van der Waals surface area contributed by atoms with E-state index in [0.717, 1.165) is 17.5 Å². The summed E-state index contributed by atoms with van der Waals surface area (Å²) >= 11 is 0. The van der Waals surface area contributed by atoms with Gasteiger partial charge in [0.2, 0.25) is 5.91 Å². The lowest BCUT2D eigenvalue weighted by Crippen LogP contribution is -2.32. The predicted molar refractivity (Wildman–Crippen MR) is 75.0 cm³/mol. The molecule has 2 aromatic rings. The van der Waals surface area contributed by atoms with Crippen LogP contribution >= 0.6 is 0 Å². The van der Waals surface area contributed by atoms with Crippen molar-refractivity contribution in [2.75, 3.05) is 6.54 Å². The van der Waals surface area contributed by atoms with E-state index >= 15 is 0 Å². The normalized spacial score (nSPS) is 11.1. The van der Waals surface area contributed by atoms with Crippen molar-refractivity contribution in [3.8, 4) is 0 Å². The second kappa shape index (κ2) is 5.73. The SMILES string of the molecule is CC(C)CCNC(=O)Cn1c(=O)[nH]c2ccccc21. The Labute approximate surface area is 111 Å². The molecule has 5 heteroatoms. The number of para-hydroxylation sites is 2. The third kappa shape index (κ3) is 3.24. The topological polar surface area (TPSA) is 66.9 Å². The molecule has 102 valence electrons. The number of imidazole rings is 1. The molecule has 0 spiro atoms. The molecule has 0 fully saturated rings. The number of H-pyrrole nitrogens is 1. The zero-order chi connectivity index (χ0) is 13.8. The number of aromatic nitrogens is 2. The van der Waals surface area contributed by atoms with Gasteiger partial charge in [-0.1, -0.05) is 26.0 Å². The summed E-state index contributed by atoms with van der Waals surface area (Å²) in [5, 5.41) is 2.83. The van der Waals surface area contributed by atoms with Crippen LogP contribution in [-0.2, 0) is 11.3 Å². The first-order valence-electron chi connectivity index (χ1n) is 6.52. The van der Waals surface area contributed by atoms with Gasteiger partial charge in [-0.2, -0.15) is 0 Å². The summed E-state index contributed by atoms with van der Waals surface area (Å²) in [4.78, 5) is 26.3. The summed E-state index contributed by atoms with van der Waals surface area (Å²) in [5.41, 5.74) is 1.26. The number of benzene rings is 1. The van der Waals surface area contributed by atoms with Crippen molar-refractivity contribution >= 4 is 16.9 Å². The molecule has 0 saturated heterocycles. The van der Waals surface area contributed by atoms with Crippen LogP contribution in [0.25, 0.3) is 11.0 Å². The second-order valence-electron chi connectivity index (χ2n) is 5.07. The van der Waals surface area contributed by atoms with Crippen LogP contribution in [0.2, 0.25) is 0 Å². The van der Waals surface area contributed by atoms with E-state index in [1.165, 1.54) is 4.57 Å². The summed E-state index contributed by atoms with van der Waals surface area (Å²) in [5.74, 6) is 0.420. The predicted octanol–water partition coefficient (Wildman–Crippen LogP) is 1.49. The van der Waals surface area contributed by atoms with Crippen LogP contribution in [-0.4, -0.2) is 22.0 Å². The number of carbonyl (C=O) groups is 1. The monoisotopic (exact) mass is 261 g/mol. The molecule has 2 N–H and O–H groups in total. The van der Waals surface area contributed by atoms with E-state index in [4.69, 9.17) is 0 Å². The number of fused-ring (bicyclic) bond motifs is 1. The van der Waals surface area contributed by atoms with Crippen molar-refractivity contribution < 1.29 is 4.79 Å². The van der Waals surface area contributed by atoms with Crippen molar-refractivity contribution in [3.05, 3.63) is 34.7 Å². The smallest absolute Gasteiger partial charge is 0.326 e. The number of nitrogens with zero attached hydrogens (tertiary/aromatic N) is 1. The lowest BCUT2D eigenvalue weighted by molar-refractivity contribution is -0.121. The van der Waals surface area contributed by atoms with E-state index in [-0.39, 0.29) is 18.1 Å². The van der Waals surface area contributed by atoms with Gasteiger partial charge in [-0.15, -0.1) is 0 Å². The first kappa shape index (κ1) is 13.4. The van der Waals surface area contributed by atoms with Crippen molar-refractivity contribution in [2.24, 2.45) is 5.92 Å². The standard InChI is InChI=1S/C14H19N3O2/c1-10(2)7-8-15-13(18)9-17-12-6-4-3-5-11(12)16-14(17)19/h3-6,10H,7-9H2,1-2H3,(H,15,18)(H,16,19). The summed E-state index contributed by atoms with van der Waals surface area (Å²) in [6, 6.07) is 7.35. The average Bonchev–Trinajstić information content (AvgIpc) is 2.66. The molecule has 0 radical (unpaired) electrons. The van der Waals surface area contributed by atoms with Crippen molar-refractivity contribution in [1.82, 2.24) is 14.9 Å². The molecule has 1 aromatic carbocycles. The lowest BCUT2D eigenvalue weighted by Gasteiger charge is -2.07. The van der Waals surface area contributed by atoms with Gasteiger partial charge in [-0.25, -0.2) is 4.79 Å². The van der Waals surface area contributed by atoms with E-state index in [0.29, 0.717) is 12.5 Å². The highest BCUT2D eigenvalue weighted by molar-refractivity contribution is 5.80. The van der Waals surface area contributed by atoms with Gasteiger partial charge in [0, 0.05) is 6.54 Å². The Hall–Kier alpha value is -2.04. The number of hydrogen-bond acceptors (Lipinski definition) is 2. The Bertz CT molecular complexity index is 625. The minimum Gasteiger partial charge on any atom is -0.355 e. The zero-order valence-corrected chi connectivity index (χ0v) is 11.3. The van der Waals surface area contributed by atoms with Gasteiger partial charge in [0.15, 0.2) is 0 Å². The Balaban J connectivity index is 2.07. The molecule has 0 bridgehead atoms. The van der Waals surface area contributed by atoms with Crippen LogP contribution in [0, 0.1) is 5.92 Å². The maximum absolute atomic E-state index is 11.8. The molecule has 1 aromatic heterocycles. The minimum absolute atomic E-state index is 0.0565. The van der Waals surface area contributed by atoms with Gasteiger partial charge < -0.3 is 10.3 Å². The highest BCUT2D eigenvalue weighted by Gasteiger charge is 2.09. The maximum atomic E-state index is 11.8. The van der Waals surface area contributed by atoms with Crippen LogP contribution in [0.4, 0.5) is 0 Å². The quantitative estimate of drug-likeness (QED) is 0.856. The molecule has 2 rings (SSSR count). The van der Waals surface area contributed by atoms with Crippen molar-refractivity contribution in [1.29, 1.82) is 0 Å². The summed E-state index contributed by atoms with van der Waals surface area (Å²) in [6.45, 7) is 4.92. The van der Waals surface area contributed by atoms with Gasteiger partial charge in [-0.3, -0.25) is 9.36 Å². The van der Waals surface area contributed by atoms with Crippen molar-refractivity contribution in [3.63, 3.8) is 0 Å². The van der Waals surface area contributed by atoms with Crippen LogP contribution in [0.5, 0.6) is 0 Å². The molecule has 0 unspecified atom stereocenters. The number of rotatable bonds is 5. The Morgan fingerprint density at radius 2 is 2.11 bits per heavy atom. The van der Waals surface area contributed by atoms with E-state index in [1.54, 1.807) is 0 Å². The Kier molecular flexibility index (Phi) is 4.04. The molecule has 0 aliphatic rings. The highest BCUT2D eigenvalue weighted by Crippen LogP contribution is 2.08. The number of hydrogen-bond donors (Lipinski definition) is 2. The Morgan fingerprint density at radius 3 is 2.84 bits per heavy atom. The highest BCUT2D eigenvalue weighted by atomic mass is 16.2. The molecule has 1 heterocycles. The molecule has 0 saturated carbocycles. The number of nitrogens with one attached hydrogen (secondary N) is 2. The summed E-state index contributed by atoms with van der Waals surface area (Å²) < 4.78 is 1.46. The van der Waals surface area contributed by atoms with Crippen molar-refractivity contribution in [2.45, 2.75) is 26.8 Å². The van der Waals surface area contributed by atoms with E-state index in [9.17, 15) is 9.59 Å². The van der Waals surface area contributed by atoms with Gasteiger partial charge in [0.1, 0.15) is 6.54 Å². The molecular formula is C14H19N3O2. The van der Waals surface area contributed by atoms with Crippen LogP contribution in [0.1, 0.15) is 20.3 Å². The van der Waals surface area contributed by atoms with Gasteiger partial charge in [-0.05, 0) is 24.5 Å². The average molecular weight is 261 g/mol. The third-order valence-corrected chi connectivity index (χ3v) is 3.03. The second-order valence-corrected chi connectivity index (χ2v) is 5.07. The largest absolute Gasteiger partial charge is 0.355 e. The van der Waals surface area contributed by atoms with E-state index in [2.05, 4.69) is 24.1 Å². The van der Waals surface area contributed by atoms with Gasteiger partial charge >= 0.3 is 5.69 Å². The number of carbonyl (C=O) groups excluding carboxylic acids is 1. The fourth-order valence-corrected chi connectivity index (χ4v) is 1.96. The number of aromatic amines is 1. The van der Waals surface area contributed by atoms with Crippen LogP contribution in [0.3, 0.4) is 0 Å². The fraction of sp³-hybridized carbons (Fsp3) is 0.429. The molecule has 0 aliphatic heterocycles. The molecule has 5 nitrogen and oxygen atoms in total. The van der Waals surface area contributed by atoms with Crippen LogP contribution in [0.15, 0.2) is 29.1 Å². The Morgan fingerprint density at radius 1 is 1.37 bits per heavy atom. The first-order chi connectivity index (χ1) is 9.08.